The molecule has 4 nitrogen and oxygen atoms in total. The molecule has 0 radical (unpaired) electrons. The third kappa shape index (κ3) is 5.24. The second kappa shape index (κ2) is 8.91. The van der Waals surface area contributed by atoms with Crippen molar-refractivity contribution in [1.82, 2.24) is 9.80 Å². The summed E-state index contributed by atoms with van der Waals surface area (Å²) in [7, 11) is 0. The summed E-state index contributed by atoms with van der Waals surface area (Å²) in [6, 6.07) is 3.66. The Morgan fingerprint density at radius 1 is 1.04 bits per heavy atom. The van der Waals surface area contributed by atoms with Crippen LogP contribution in [-0.4, -0.2) is 67.9 Å². The Morgan fingerprint density at radius 3 is 2.38 bits per heavy atom. The fourth-order valence-corrected chi connectivity index (χ4v) is 4.05. The lowest BCUT2D eigenvalue weighted by atomic mass is 9.93. The molecule has 0 unspecified atom stereocenters. The van der Waals surface area contributed by atoms with E-state index < -0.39 is 0 Å². The van der Waals surface area contributed by atoms with Gasteiger partial charge in [-0.3, -0.25) is 14.6 Å². The van der Waals surface area contributed by atoms with Gasteiger partial charge < -0.3 is 4.90 Å². The first-order valence-corrected chi connectivity index (χ1v) is 9.65. The Labute approximate surface area is 154 Å². The van der Waals surface area contributed by atoms with Crippen molar-refractivity contribution in [2.24, 2.45) is 5.92 Å². The number of rotatable bonds is 6. The summed E-state index contributed by atoms with van der Waals surface area (Å²) in [6.45, 7) is 8.60. The SMILES string of the molecule is CC(=O)CN1CCC(CCN2CCN(c3cc(F)ccc3F)CC2)CC1. The number of hydrogen-bond donors (Lipinski definition) is 0. The molecule has 1 aromatic carbocycles. The van der Waals surface area contributed by atoms with E-state index in [-0.39, 0.29) is 17.4 Å². The van der Waals surface area contributed by atoms with Gasteiger partial charge in [0.05, 0.1) is 12.2 Å². The van der Waals surface area contributed by atoms with Gasteiger partial charge in [0.15, 0.2) is 0 Å². The van der Waals surface area contributed by atoms with E-state index in [4.69, 9.17) is 0 Å². The van der Waals surface area contributed by atoms with Crippen LogP contribution in [0.4, 0.5) is 14.5 Å². The predicted molar refractivity (Wildman–Crippen MR) is 99.5 cm³/mol. The first kappa shape index (κ1) is 19.2. The van der Waals surface area contributed by atoms with Gasteiger partial charge in [0.25, 0.3) is 0 Å². The highest BCUT2D eigenvalue weighted by molar-refractivity contribution is 5.77. The number of Topliss-reactive ketones (excluding diaryl/α,β-unsaturated/α-hetero) is 1. The van der Waals surface area contributed by atoms with E-state index in [0.717, 1.165) is 57.8 Å². The van der Waals surface area contributed by atoms with Crippen molar-refractivity contribution in [3.05, 3.63) is 29.8 Å². The number of carbonyl (C=O) groups is 1. The molecule has 0 spiro atoms. The maximum atomic E-state index is 13.9. The Balaban J connectivity index is 1.38. The van der Waals surface area contributed by atoms with E-state index in [1.165, 1.54) is 31.4 Å². The van der Waals surface area contributed by atoms with Crippen LogP contribution in [-0.2, 0) is 4.79 Å². The molecule has 1 aromatic rings. The molecule has 2 aliphatic heterocycles. The van der Waals surface area contributed by atoms with Crippen LogP contribution in [0.1, 0.15) is 26.2 Å². The molecule has 0 aromatic heterocycles. The van der Waals surface area contributed by atoms with Crippen molar-refractivity contribution in [3.63, 3.8) is 0 Å². The van der Waals surface area contributed by atoms with E-state index in [0.29, 0.717) is 12.2 Å². The van der Waals surface area contributed by atoms with Gasteiger partial charge in [0.1, 0.15) is 17.4 Å². The molecule has 0 aliphatic carbocycles. The Hall–Kier alpha value is -1.53. The molecule has 0 bridgehead atoms. The average molecular weight is 365 g/mol. The van der Waals surface area contributed by atoms with Crippen LogP contribution in [0.15, 0.2) is 18.2 Å². The number of piperidine rings is 1. The molecule has 6 heteroatoms. The molecule has 144 valence electrons. The van der Waals surface area contributed by atoms with Crippen molar-refractivity contribution in [2.75, 3.05) is 57.3 Å². The van der Waals surface area contributed by atoms with Crippen LogP contribution < -0.4 is 4.90 Å². The predicted octanol–water partition coefficient (Wildman–Crippen LogP) is 2.78. The molecule has 0 atom stereocenters. The smallest absolute Gasteiger partial charge is 0.146 e. The third-order valence-electron chi connectivity index (χ3n) is 5.63. The lowest BCUT2D eigenvalue weighted by molar-refractivity contribution is -0.118. The number of benzene rings is 1. The second-order valence-corrected chi connectivity index (χ2v) is 7.63. The normalized spacial score (nSPS) is 20.5. The van der Waals surface area contributed by atoms with Gasteiger partial charge in [0, 0.05) is 32.2 Å². The number of piperazine rings is 1. The monoisotopic (exact) mass is 365 g/mol. The zero-order chi connectivity index (χ0) is 18.5. The summed E-state index contributed by atoms with van der Waals surface area (Å²) in [5.41, 5.74) is 0.377. The molecule has 26 heavy (non-hydrogen) atoms. The van der Waals surface area contributed by atoms with Crippen LogP contribution in [0.2, 0.25) is 0 Å². The maximum absolute atomic E-state index is 13.9. The van der Waals surface area contributed by atoms with Crippen molar-refractivity contribution >= 4 is 11.5 Å². The molecule has 0 amide bonds. The minimum atomic E-state index is -0.389. The first-order chi connectivity index (χ1) is 12.5. The number of ketones is 1. The zero-order valence-electron chi connectivity index (χ0n) is 15.6. The van der Waals surface area contributed by atoms with Crippen molar-refractivity contribution in [1.29, 1.82) is 0 Å². The molecule has 2 aliphatic rings. The van der Waals surface area contributed by atoms with E-state index in [1.807, 2.05) is 4.90 Å². The lowest BCUT2D eigenvalue weighted by Crippen LogP contribution is -2.47. The summed E-state index contributed by atoms with van der Waals surface area (Å²) < 4.78 is 27.3. The van der Waals surface area contributed by atoms with Crippen LogP contribution >= 0.6 is 0 Å². The fourth-order valence-electron chi connectivity index (χ4n) is 4.05. The Kier molecular flexibility index (Phi) is 6.59. The van der Waals surface area contributed by atoms with Crippen LogP contribution in [0.25, 0.3) is 0 Å². The standard InChI is InChI=1S/C20H29F2N3O/c1-16(26)15-24-8-5-17(6-9-24)4-7-23-10-12-25(13-11-23)20-14-18(21)2-3-19(20)22/h2-3,14,17H,4-13,15H2,1H3. The summed E-state index contributed by atoms with van der Waals surface area (Å²) in [6.07, 6.45) is 3.52. The number of halogens is 2. The number of likely N-dealkylation sites (tertiary alicyclic amines) is 1. The number of nitrogens with zero attached hydrogens (tertiary/aromatic N) is 3. The fraction of sp³-hybridized carbons (Fsp3) is 0.650. The van der Waals surface area contributed by atoms with Crippen LogP contribution in [0, 0.1) is 17.6 Å². The topological polar surface area (TPSA) is 26.8 Å². The highest BCUT2D eigenvalue weighted by Gasteiger charge is 2.23. The molecule has 2 saturated heterocycles. The molecule has 2 fully saturated rings. The maximum Gasteiger partial charge on any atom is 0.146 e. The molecular weight excluding hydrogens is 336 g/mol. The average Bonchev–Trinajstić information content (AvgIpc) is 2.63. The van der Waals surface area contributed by atoms with Gasteiger partial charge in [-0.1, -0.05) is 0 Å². The van der Waals surface area contributed by atoms with Gasteiger partial charge in [-0.15, -0.1) is 0 Å². The van der Waals surface area contributed by atoms with Crippen molar-refractivity contribution < 1.29 is 13.6 Å². The van der Waals surface area contributed by atoms with E-state index in [1.54, 1.807) is 6.92 Å². The molecular formula is C20H29F2N3O. The van der Waals surface area contributed by atoms with Crippen molar-refractivity contribution in [3.8, 4) is 0 Å². The number of hydrogen-bond acceptors (Lipinski definition) is 4. The van der Waals surface area contributed by atoms with Crippen LogP contribution in [0.5, 0.6) is 0 Å². The lowest BCUT2D eigenvalue weighted by Gasteiger charge is -2.37. The summed E-state index contributed by atoms with van der Waals surface area (Å²) in [4.78, 5) is 17.8. The molecule has 0 N–H and O–H groups in total. The Morgan fingerprint density at radius 2 is 1.73 bits per heavy atom. The number of carbonyl (C=O) groups excluding carboxylic acids is 1. The molecule has 3 rings (SSSR count). The van der Waals surface area contributed by atoms with Gasteiger partial charge >= 0.3 is 0 Å². The van der Waals surface area contributed by atoms with Gasteiger partial charge in [0.2, 0.25) is 0 Å². The highest BCUT2D eigenvalue weighted by Crippen LogP contribution is 2.23. The van der Waals surface area contributed by atoms with E-state index in [9.17, 15) is 13.6 Å². The van der Waals surface area contributed by atoms with Gasteiger partial charge in [-0.25, -0.2) is 8.78 Å². The van der Waals surface area contributed by atoms with Gasteiger partial charge in [-0.05, 0) is 63.9 Å². The van der Waals surface area contributed by atoms with E-state index in [2.05, 4.69) is 9.80 Å². The second-order valence-electron chi connectivity index (χ2n) is 7.63. The quantitative estimate of drug-likeness (QED) is 0.775. The molecule has 2 heterocycles. The molecule has 0 saturated carbocycles. The summed E-state index contributed by atoms with van der Waals surface area (Å²) in [5, 5.41) is 0. The first-order valence-electron chi connectivity index (χ1n) is 9.65. The largest absolute Gasteiger partial charge is 0.367 e. The highest BCUT2D eigenvalue weighted by atomic mass is 19.1. The summed E-state index contributed by atoms with van der Waals surface area (Å²) >= 11 is 0. The van der Waals surface area contributed by atoms with E-state index >= 15 is 0 Å². The zero-order valence-corrected chi connectivity index (χ0v) is 15.6. The minimum absolute atomic E-state index is 0.246. The van der Waals surface area contributed by atoms with Gasteiger partial charge in [-0.2, -0.15) is 0 Å². The third-order valence-corrected chi connectivity index (χ3v) is 5.63. The Bertz CT molecular complexity index is 609. The minimum Gasteiger partial charge on any atom is -0.367 e. The van der Waals surface area contributed by atoms with Crippen LogP contribution in [0.3, 0.4) is 0 Å². The summed E-state index contributed by atoms with van der Waals surface area (Å²) in [5.74, 6) is 0.241. The number of anilines is 1. The van der Waals surface area contributed by atoms with Crippen molar-refractivity contribution in [2.45, 2.75) is 26.2 Å².